The molecule has 2 rings (SSSR count). The van der Waals surface area contributed by atoms with Crippen LogP contribution < -0.4 is 10.3 Å². The van der Waals surface area contributed by atoms with Gasteiger partial charge >= 0.3 is 0 Å². The third-order valence-corrected chi connectivity index (χ3v) is 4.94. The minimum absolute atomic E-state index is 0.111. The van der Waals surface area contributed by atoms with Crippen molar-refractivity contribution in [2.75, 3.05) is 12.3 Å². The van der Waals surface area contributed by atoms with Gasteiger partial charge in [-0.25, -0.2) is 13.1 Å². The average molecular weight is 308 g/mol. The molecule has 2 N–H and O–H groups in total. The molecule has 2 aromatic rings. The van der Waals surface area contributed by atoms with Crippen LogP contribution in [0, 0.1) is 6.92 Å². The summed E-state index contributed by atoms with van der Waals surface area (Å²) >= 11 is 0. The van der Waals surface area contributed by atoms with Crippen molar-refractivity contribution in [3.8, 4) is 0 Å². The van der Waals surface area contributed by atoms with Gasteiger partial charge in [0.1, 0.15) is 0 Å². The second-order valence-electron chi connectivity index (χ2n) is 5.13. The molecule has 0 bridgehead atoms. The van der Waals surface area contributed by atoms with Gasteiger partial charge in [0.15, 0.2) is 0 Å². The number of hydrogen-bond acceptors (Lipinski definition) is 3. The highest BCUT2D eigenvalue weighted by molar-refractivity contribution is 7.89. The number of H-pyrrole nitrogens is 1. The summed E-state index contributed by atoms with van der Waals surface area (Å²) in [6.45, 7) is 4.00. The molecule has 0 aliphatic rings. The van der Waals surface area contributed by atoms with E-state index >= 15 is 0 Å². The normalized spacial score (nSPS) is 11.9. The van der Waals surface area contributed by atoms with Crippen LogP contribution in [0.4, 0.5) is 0 Å². The van der Waals surface area contributed by atoms with Crippen molar-refractivity contribution in [3.63, 3.8) is 0 Å². The Morgan fingerprint density at radius 2 is 2.05 bits per heavy atom. The molecule has 0 atom stereocenters. The maximum absolute atomic E-state index is 12.0. The minimum atomic E-state index is -3.23. The smallest absolute Gasteiger partial charge is 0.251 e. The molecule has 1 aromatic carbocycles. The fourth-order valence-corrected chi connectivity index (χ4v) is 3.39. The molecule has 1 aromatic heterocycles. The molecule has 0 unspecified atom stereocenters. The maximum atomic E-state index is 12.0. The van der Waals surface area contributed by atoms with Crippen LogP contribution in [0.25, 0.3) is 10.9 Å². The van der Waals surface area contributed by atoms with E-state index in [2.05, 4.69) is 9.71 Å². The van der Waals surface area contributed by atoms with Crippen molar-refractivity contribution in [1.82, 2.24) is 9.71 Å². The summed E-state index contributed by atoms with van der Waals surface area (Å²) in [7, 11) is -3.23. The lowest BCUT2D eigenvalue weighted by atomic mass is 10.1. The Morgan fingerprint density at radius 3 is 2.76 bits per heavy atom. The van der Waals surface area contributed by atoms with Gasteiger partial charge in [0.05, 0.1) is 11.3 Å². The maximum Gasteiger partial charge on any atom is 0.251 e. The number of para-hydroxylation sites is 1. The zero-order valence-electron chi connectivity index (χ0n) is 12.3. The van der Waals surface area contributed by atoms with Crippen LogP contribution in [0.5, 0.6) is 0 Å². The Morgan fingerprint density at radius 1 is 1.29 bits per heavy atom. The molecule has 21 heavy (non-hydrogen) atoms. The lowest BCUT2D eigenvalue weighted by Gasteiger charge is -2.07. The van der Waals surface area contributed by atoms with Crippen LogP contribution >= 0.6 is 0 Å². The molecule has 0 fully saturated rings. The number of hydrogen-bond donors (Lipinski definition) is 2. The van der Waals surface area contributed by atoms with Crippen LogP contribution in [0.15, 0.2) is 29.1 Å². The second-order valence-corrected chi connectivity index (χ2v) is 7.05. The summed E-state index contributed by atoms with van der Waals surface area (Å²) in [5.41, 5.74) is 2.27. The third kappa shape index (κ3) is 3.92. The predicted octanol–water partition coefficient (Wildman–Crippen LogP) is 1.71. The predicted molar refractivity (Wildman–Crippen MR) is 85.1 cm³/mol. The van der Waals surface area contributed by atoms with Gasteiger partial charge in [-0.05, 0) is 36.8 Å². The van der Waals surface area contributed by atoms with Gasteiger partial charge in [0.2, 0.25) is 10.0 Å². The molecule has 0 saturated carbocycles. The second kappa shape index (κ2) is 6.41. The van der Waals surface area contributed by atoms with Crippen molar-refractivity contribution < 1.29 is 8.42 Å². The van der Waals surface area contributed by atoms with Crippen molar-refractivity contribution in [2.24, 2.45) is 0 Å². The van der Waals surface area contributed by atoms with Gasteiger partial charge in [0, 0.05) is 12.1 Å². The highest BCUT2D eigenvalue weighted by Crippen LogP contribution is 2.15. The molecule has 0 radical (unpaired) electrons. The lowest BCUT2D eigenvalue weighted by molar-refractivity contribution is 0.580. The first-order valence-corrected chi connectivity index (χ1v) is 8.67. The first kappa shape index (κ1) is 15.7. The number of aromatic amines is 1. The summed E-state index contributed by atoms with van der Waals surface area (Å²) in [6.07, 6.45) is 0.952. The molecule has 0 amide bonds. The number of pyridine rings is 1. The topological polar surface area (TPSA) is 79.0 Å². The van der Waals surface area contributed by atoms with Crippen molar-refractivity contribution >= 4 is 20.9 Å². The monoisotopic (exact) mass is 308 g/mol. The number of sulfonamides is 1. The summed E-state index contributed by atoms with van der Waals surface area (Å²) in [5, 5.41) is 0.959. The van der Waals surface area contributed by atoms with E-state index in [0.717, 1.165) is 16.5 Å². The summed E-state index contributed by atoms with van der Waals surface area (Å²) in [6, 6.07) is 7.64. The van der Waals surface area contributed by atoms with Gasteiger partial charge in [-0.2, -0.15) is 0 Å². The Bertz CT molecular complexity index is 794. The average Bonchev–Trinajstić information content (AvgIpc) is 2.40. The fraction of sp³-hybridized carbons (Fsp3) is 0.400. The molecule has 0 aliphatic carbocycles. The lowest BCUT2D eigenvalue weighted by Crippen LogP contribution is -2.29. The third-order valence-electron chi connectivity index (χ3n) is 3.35. The molecule has 1 heterocycles. The number of rotatable bonds is 6. The molecule has 0 aliphatic heterocycles. The Labute approximate surface area is 124 Å². The van der Waals surface area contributed by atoms with Crippen LogP contribution in [0.3, 0.4) is 0 Å². The highest BCUT2D eigenvalue weighted by atomic mass is 32.2. The Kier molecular flexibility index (Phi) is 4.80. The number of aryl methyl sites for hydroxylation is 1. The van der Waals surface area contributed by atoms with Crippen LogP contribution in [-0.2, 0) is 16.4 Å². The highest BCUT2D eigenvalue weighted by Gasteiger charge is 2.09. The first-order valence-electron chi connectivity index (χ1n) is 7.02. The SMILES string of the molecule is CCCS(=O)(=O)NCCc1cc2cccc(C)c2[nH]c1=O. The molecule has 114 valence electrons. The van der Waals surface area contributed by atoms with Crippen LogP contribution in [0.2, 0.25) is 0 Å². The van der Waals surface area contributed by atoms with E-state index in [9.17, 15) is 13.2 Å². The van der Waals surface area contributed by atoms with E-state index in [0.29, 0.717) is 18.4 Å². The first-order chi connectivity index (χ1) is 9.93. The molecule has 0 saturated heterocycles. The zero-order chi connectivity index (χ0) is 15.5. The van der Waals surface area contributed by atoms with Gasteiger partial charge in [-0.3, -0.25) is 4.79 Å². The van der Waals surface area contributed by atoms with Gasteiger partial charge in [-0.15, -0.1) is 0 Å². The summed E-state index contributed by atoms with van der Waals surface area (Å²) in [5.74, 6) is 0.111. The van der Waals surface area contributed by atoms with E-state index in [4.69, 9.17) is 0 Å². The number of benzene rings is 1. The van der Waals surface area contributed by atoms with Crippen molar-refractivity contribution in [1.29, 1.82) is 0 Å². The van der Waals surface area contributed by atoms with E-state index in [1.807, 2.05) is 38.1 Å². The largest absolute Gasteiger partial charge is 0.321 e. The van der Waals surface area contributed by atoms with E-state index in [-0.39, 0.29) is 17.9 Å². The van der Waals surface area contributed by atoms with E-state index in [1.54, 1.807) is 0 Å². The van der Waals surface area contributed by atoms with Crippen LogP contribution in [-0.4, -0.2) is 25.7 Å². The zero-order valence-corrected chi connectivity index (χ0v) is 13.1. The molecule has 5 nitrogen and oxygen atoms in total. The van der Waals surface area contributed by atoms with E-state index < -0.39 is 10.0 Å². The van der Waals surface area contributed by atoms with Crippen molar-refractivity contribution in [3.05, 3.63) is 45.7 Å². The summed E-state index contributed by atoms with van der Waals surface area (Å²) in [4.78, 5) is 14.9. The van der Waals surface area contributed by atoms with Crippen molar-refractivity contribution in [2.45, 2.75) is 26.7 Å². The number of fused-ring (bicyclic) bond motifs is 1. The number of aromatic nitrogens is 1. The molecule has 0 spiro atoms. The van der Waals surface area contributed by atoms with Gasteiger partial charge in [-0.1, -0.05) is 25.1 Å². The fourth-order valence-electron chi connectivity index (χ4n) is 2.30. The Balaban J connectivity index is 2.16. The molecular formula is C15H20N2O3S. The molecular weight excluding hydrogens is 288 g/mol. The number of nitrogens with one attached hydrogen (secondary N) is 2. The van der Waals surface area contributed by atoms with E-state index in [1.165, 1.54) is 0 Å². The Hall–Kier alpha value is -1.66. The van der Waals surface area contributed by atoms with Gasteiger partial charge in [0.25, 0.3) is 5.56 Å². The minimum Gasteiger partial charge on any atom is -0.321 e. The quantitative estimate of drug-likeness (QED) is 0.852. The standard InChI is InChI=1S/C15H20N2O3S/c1-3-9-21(19,20)16-8-7-13-10-12-6-4-5-11(2)14(12)17-15(13)18/h4-6,10,16H,3,7-9H2,1-2H3,(H,17,18). The van der Waals surface area contributed by atoms with Crippen LogP contribution in [0.1, 0.15) is 24.5 Å². The molecule has 6 heteroatoms. The van der Waals surface area contributed by atoms with Gasteiger partial charge < -0.3 is 4.98 Å². The summed E-state index contributed by atoms with van der Waals surface area (Å²) < 4.78 is 25.6.